The number of hydrogen-bond donors (Lipinski definition) is 1. The molecule has 0 saturated heterocycles. The van der Waals surface area contributed by atoms with Gasteiger partial charge >= 0.3 is 0 Å². The first kappa shape index (κ1) is 14.5. The molecule has 0 spiro atoms. The molecule has 20 heavy (non-hydrogen) atoms. The Hall–Kier alpha value is -1.94. The van der Waals surface area contributed by atoms with Crippen LogP contribution in [0.25, 0.3) is 10.9 Å². The molecule has 2 aromatic rings. The summed E-state index contributed by atoms with van der Waals surface area (Å²) in [6.07, 6.45) is 0.826. The monoisotopic (exact) mass is 271 g/mol. The number of carbonyl (C=O) groups excluding carboxylic acids is 1. The van der Waals surface area contributed by atoms with Crippen LogP contribution in [0.15, 0.2) is 30.3 Å². The number of pyridine rings is 1. The zero-order valence-corrected chi connectivity index (χ0v) is 12.1. The number of para-hydroxylation sites is 1. The van der Waals surface area contributed by atoms with Gasteiger partial charge in [-0.25, -0.2) is 0 Å². The molecule has 0 radical (unpaired) electrons. The second kappa shape index (κ2) is 6.48. The first-order valence-electron chi connectivity index (χ1n) is 7.06. The Morgan fingerprint density at radius 2 is 1.95 bits per heavy atom. The predicted octanol–water partition coefficient (Wildman–Crippen LogP) is 2.22. The number of primary amides is 1. The molecule has 4 heteroatoms. The van der Waals surface area contributed by atoms with Crippen LogP contribution in [0.4, 0.5) is 0 Å². The lowest BCUT2D eigenvalue weighted by molar-refractivity contribution is 0.100. The number of amides is 1. The van der Waals surface area contributed by atoms with E-state index in [4.69, 9.17) is 5.73 Å². The van der Waals surface area contributed by atoms with E-state index >= 15 is 0 Å². The summed E-state index contributed by atoms with van der Waals surface area (Å²) in [6.45, 7) is 7.27. The Morgan fingerprint density at radius 1 is 1.25 bits per heavy atom. The quantitative estimate of drug-likeness (QED) is 0.876. The molecule has 0 fully saturated rings. The highest BCUT2D eigenvalue weighted by atomic mass is 16.1. The number of nitrogens with zero attached hydrogens (tertiary/aromatic N) is 2. The molecule has 0 aliphatic carbocycles. The van der Waals surface area contributed by atoms with Crippen LogP contribution >= 0.6 is 0 Å². The van der Waals surface area contributed by atoms with Crippen LogP contribution in [0.3, 0.4) is 0 Å². The summed E-state index contributed by atoms with van der Waals surface area (Å²) in [7, 11) is 0. The maximum atomic E-state index is 11.6. The Labute approximate surface area is 119 Å². The van der Waals surface area contributed by atoms with Gasteiger partial charge in [0.15, 0.2) is 0 Å². The summed E-state index contributed by atoms with van der Waals surface area (Å²) >= 11 is 0. The lowest BCUT2D eigenvalue weighted by Crippen LogP contribution is -2.25. The van der Waals surface area contributed by atoms with Gasteiger partial charge in [-0.15, -0.1) is 0 Å². The number of nitrogens with two attached hydrogens (primary N) is 1. The van der Waals surface area contributed by atoms with Crippen molar-refractivity contribution in [1.29, 1.82) is 0 Å². The lowest BCUT2D eigenvalue weighted by Gasteiger charge is -2.17. The first-order chi connectivity index (χ1) is 9.65. The molecule has 0 aliphatic heterocycles. The third-order valence-electron chi connectivity index (χ3n) is 3.61. The van der Waals surface area contributed by atoms with Crippen LogP contribution in [0.5, 0.6) is 0 Å². The summed E-state index contributed by atoms with van der Waals surface area (Å²) in [5.74, 6) is -0.396. The minimum atomic E-state index is -0.396. The average molecular weight is 271 g/mol. The fraction of sp³-hybridized carbons (Fsp3) is 0.375. The summed E-state index contributed by atoms with van der Waals surface area (Å²) in [6, 6.07) is 9.45. The van der Waals surface area contributed by atoms with Crippen molar-refractivity contribution in [2.24, 2.45) is 5.73 Å². The standard InChI is InChI=1S/C16H21N3O/c1-3-19(4-2)10-9-12-11-14(16(17)20)13-7-5-6-8-15(13)18-12/h5-8,11H,3-4,9-10H2,1-2H3,(H2,17,20). The lowest BCUT2D eigenvalue weighted by atomic mass is 10.1. The summed E-state index contributed by atoms with van der Waals surface area (Å²) in [5.41, 5.74) is 7.79. The van der Waals surface area contributed by atoms with Crippen molar-refractivity contribution < 1.29 is 4.79 Å². The number of aromatic nitrogens is 1. The normalized spacial score (nSPS) is 11.2. The summed E-state index contributed by atoms with van der Waals surface area (Å²) in [4.78, 5) is 18.6. The van der Waals surface area contributed by atoms with E-state index < -0.39 is 5.91 Å². The molecule has 1 aromatic carbocycles. The molecule has 4 nitrogen and oxygen atoms in total. The van der Waals surface area contributed by atoms with Crippen LogP contribution in [0, 0.1) is 0 Å². The number of fused-ring (bicyclic) bond motifs is 1. The zero-order valence-electron chi connectivity index (χ0n) is 12.1. The molecule has 2 N–H and O–H groups in total. The van der Waals surface area contributed by atoms with Gasteiger partial charge in [-0.05, 0) is 25.2 Å². The molecule has 2 rings (SSSR count). The fourth-order valence-electron chi connectivity index (χ4n) is 2.37. The second-order valence-electron chi connectivity index (χ2n) is 4.82. The van der Waals surface area contributed by atoms with Gasteiger partial charge in [0.1, 0.15) is 0 Å². The maximum absolute atomic E-state index is 11.6. The van der Waals surface area contributed by atoms with Crippen molar-refractivity contribution in [3.63, 3.8) is 0 Å². The molecule has 0 atom stereocenters. The van der Waals surface area contributed by atoms with Crippen molar-refractivity contribution >= 4 is 16.8 Å². The van der Waals surface area contributed by atoms with E-state index in [0.29, 0.717) is 5.56 Å². The topological polar surface area (TPSA) is 59.2 Å². The molecule has 1 heterocycles. The van der Waals surface area contributed by atoms with E-state index in [-0.39, 0.29) is 0 Å². The van der Waals surface area contributed by atoms with Gasteiger partial charge in [-0.3, -0.25) is 9.78 Å². The first-order valence-corrected chi connectivity index (χ1v) is 7.06. The van der Waals surface area contributed by atoms with Crippen molar-refractivity contribution in [1.82, 2.24) is 9.88 Å². The molecule has 0 aliphatic rings. The molecule has 0 bridgehead atoms. The minimum Gasteiger partial charge on any atom is -0.366 e. The smallest absolute Gasteiger partial charge is 0.249 e. The highest BCUT2D eigenvalue weighted by Crippen LogP contribution is 2.18. The SMILES string of the molecule is CCN(CC)CCc1cc(C(N)=O)c2ccccc2n1. The van der Waals surface area contributed by atoms with Crippen LogP contribution in [-0.2, 0) is 6.42 Å². The van der Waals surface area contributed by atoms with E-state index in [9.17, 15) is 4.79 Å². The van der Waals surface area contributed by atoms with E-state index in [1.807, 2.05) is 30.3 Å². The molecule has 0 unspecified atom stereocenters. The van der Waals surface area contributed by atoms with Crippen LogP contribution < -0.4 is 5.73 Å². The molecule has 0 saturated carbocycles. The van der Waals surface area contributed by atoms with Gasteiger partial charge in [-0.2, -0.15) is 0 Å². The Bertz CT molecular complexity index is 606. The molecule has 1 aromatic heterocycles. The van der Waals surface area contributed by atoms with Gasteiger partial charge < -0.3 is 10.6 Å². The predicted molar refractivity (Wildman–Crippen MR) is 81.8 cm³/mol. The van der Waals surface area contributed by atoms with Gasteiger partial charge in [-0.1, -0.05) is 32.0 Å². The Morgan fingerprint density at radius 3 is 2.60 bits per heavy atom. The van der Waals surface area contributed by atoms with E-state index in [1.54, 1.807) is 0 Å². The zero-order chi connectivity index (χ0) is 14.5. The van der Waals surface area contributed by atoms with Gasteiger partial charge in [0.2, 0.25) is 5.91 Å². The number of hydrogen-bond acceptors (Lipinski definition) is 3. The van der Waals surface area contributed by atoms with Crippen LogP contribution in [0.2, 0.25) is 0 Å². The number of likely N-dealkylation sites (N-methyl/N-ethyl adjacent to an activating group) is 1. The Kier molecular flexibility index (Phi) is 4.69. The molecule has 1 amide bonds. The summed E-state index contributed by atoms with van der Waals surface area (Å²) < 4.78 is 0. The third-order valence-corrected chi connectivity index (χ3v) is 3.61. The molecular weight excluding hydrogens is 250 g/mol. The van der Waals surface area contributed by atoms with Gasteiger partial charge in [0, 0.05) is 24.0 Å². The minimum absolute atomic E-state index is 0.396. The number of rotatable bonds is 6. The highest BCUT2D eigenvalue weighted by molar-refractivity contribution is 6.05. The van der Waals surface area contributed by atoms with Gasteiger partial charge in [0.25, 0.3) is 0 Å². The number of carbonyl (C=O) groups is 1. The summed E-state index contributed by atoms with van der Waals surface area (Å²) in [5, 5.41) is 0.826. The second-order valence-corrected chi connectivity index (χ2v) is 4.82. The van der Waals surface area contributed by atoms with Crippen molar-refractivity contribution in [2.45, 2.75) is 20.3 Å². The third kappa shape index (κ3) is 3.14. The molecular formula is C16H21N3O. The van der Waals surface area contributed by atoms with Gasteiger partial charge in [0.05, 0.1) is 11.1 Å². The number of benzene rings is 1. The highest BCUT2D eigenvalue weighted by Gasteiger charge is 2.10. The van der Waals surface area contributed by atoms with Crippen LogP contribution in [-0.4, -0.2) is 35.4 Å². The Balaban J connectivity index is 2.33. The van der Waals surface area contributed by atoms with E-state index in [0.717, 1.165) is 42.7 Å². The van der Waals surface area contributed by atoms with Crippen LogP contribution in [0.1, 0.15) is 29.9 Å². The van der Waals surface area contributed by atoms with E-state index in [2.05, 4.69) is 23.7 Å². The van der Waals surface area contributed by atoms with E-state index in [1.165, 1.54) is 0 Å². The van der Waals surface area contributed by atoms with Crippen molar-refractivity contribution in [2.75, 3.05) is 19.6 Å². The maximum Gasteiger partial charge on any atom is 0.249 e. The largest absolute Gasteiger partial charge is 0.366 e. The fourth-order valence-corrected chi connectivity index (χ4v) is 2.37. The average Bonchev–Trinajstić information content (AvgIpc) is 2.47. The van der Waals surface area contributed by atoms with Crippen molar-refractivity contribution in [3.05, 3.63) is 41.6 Å². The van der Waals surface area contributed by atoms with Crippen molar-refractivity contribution in [3.8, 4) is 0 Å². The molecule has 106 valence electrons.